The number of hydrogen-bond acceptors (Lipinski definition) is 11. The lowest BCUT2D eigenvalue weighted by Crippen LogP contribution is -2.36. The lowest BCUT2D eigenvalue weighted by molar-refractivity contribution is -0.157. The summed E-state index contributed by atoms with van der Waals surface area (Å²) in [5.41, 5.74) is 6.44. The van der Waals surface area contributed by atoms with Crippen LogP contribution in [0.5, 0.6) is 11.5 Å². The van der Waals surface area contributed by atoms with Crippen LogP contribution in [0.2, 0.25) is 0 Å². The van der Waals surface area contributed by atoms with Crippen molar-refractivity contribution in [1.29, 1.82) is 0 Å². The van der Waals surface area contributed by atoms with Crippen molar-refractivity contribution in [3.8, 4) is 11.5 Å². The summed E-state index contributed by atoms with van der Waals surface area (Å²) >= 11 is 0. The molecule has 0 amide bonds. The minimum Gasteiger partial charge on any atom is -0.461 e. The SMILES string of the molecule is CCC(C)OC(=O)Oc1ccc(C[C@H](N)C(=O)OC[C@H](C)OC(C)=O)cc1OC(=O)OC(C)CC. The van der Waals surface area contributed by atoms with Crippen LogP contribution in [0.25, 0.3) is 0 Å². The molecule has 35 heavy (non-hydrogen) atoms. The van der Waals surface area contributed by atoms with Crippen molar-refractivity contribution >= 4 is 24.2 Å². The Kier molecular flexibility index (Phi) is 12.6. The molecule has 196 valence electrons. The fraction of sp³-hybridized carbons (Fsp3) is 0.583. The molecular weight excluding hydrogens is 462 g/mol. The molecule has 0 radical (unpaired) electrons. The first-order chi connectivity index (χ1) is 16.4. The maximum Gasteiger partial charge on any atom is 0.514 e. The molecule has 1 rings (SSSR count). The van der Waals surface area contributed by atoms with Crippen LogP contribution in [0.3, 0.4) is 0 Å². The molecule has 1 aromatic carbocycles. The Morgan fingerprint density at radius 2 is 1.37 bits per heavy atom. The summed E-state index contributed by atoms with van der Waals surface area (Å²) in [6.07, 6.45) is -2.13. The van der Waals surface area contributed by atoms with Gasteiger partial charge in [0.05, 0.1) is 0 Å². The van der Waals surface area contributed by atoms with Gasteiger partial charge in [-0.25, -0.2) is 9.59 Å². The second-order valence-electron chi connectivity index (χ2n) is 8.02. The Morgan fingerprint density at radius 1 is 0.829 bits per heavy atom. The average Bonchev–Trinajstić information content (AvgIpc) is 2.78. The summed E-state index contributed by atoms with van der Waals surface area (Å²) < 4.78 is 30.6. The molecule has 2 N–H and O–H groups in total. The molecule has 0 aliphatic carbocycles. The molecule has 0 saturated carbocycles. The lowest BCUT2D eigenvalue weighted by Gasteiger charge is -2.17. The number of esters is 2. The van der Waals surface area contributed by atoms with E-state index in [1.807, 2.05) is 13.8 Å². The van der Waals surface area contributed by atoms with Gasteiger partial charge < -0.3 is 34.2 Å². The molecule has 0 bridgehead atoms. The Bertz CT molecular complexity index is 872. The first-order valence-electron chi connectivity index (χ1n) is 11.4. The number of benzene rings is 1. The zero-order valence-corrected chi connectivity index (χ0v) is 21.0. The topological polar surface area (TPSA) is 150 Å². The van der Waals surface area contributed by atoms with Gasteiger partial charge in [0, 0.05) is 6.92 Å². The lowest BCUT2D eigenvalue weighted by atomic mass is 10.1. The number of rotatable bonds is 12. The Morgan fingerprint density at radius 3 is 1.89 bits per heavy atom. The van der Waals surface area contributed by atoms with Crippen molar-refractivity contribution in [3.63, 3.8) is 0 Å². The van der Waals surface area contributed by atoms with Crippen molar-refractivity contribution < 1.29 is 47.6 Å². The fourth-order valence-corrected chi connectivity index (χ4v) is 2.53. The third-order valence-corrected chi connectivity index (χ3v) is 4.73. The van der Waals surface area contributed by atoms with Crippen LogP contribution >= 0.6 is 0 Å². The molecule has 0 saturated heterocycles. The molecule has 11 heteroatoms. The minimum atomic E-state index is -1.05. The molecule has 0 spiro atoms. The fourth-order valence-electron chi connectivity index (χ4n) is 2.53. The highest BCUT2D eigenvalue weighted by molar-refractivity contribution is 5.76. The van der Waals surface area contributed by atoms with Gasteiger partial charge in [-0.3, -0.25) is 9.59 Å². The molecule has 0 aliphatic rings. The third kappa shape index (κ3) is 11.6. The first kappa shape index (κ1) is 29.7. The van der Waals surface area contributed by atoms with Crippen LogP contribution in [0.4, 0.5) is 9.59 Å². The molecule has 2 unspecified atom stereocenters. The van der Waals surface area contributed by atoms with Crippen molar-refractivity contribution in [2.75, 3.05) is 6.61 Å². The number of carbonyl (C=O) groups excluding carboxylic acids is 4. The van der Waals surface area contributed by atoms with Crippen molar-refractivity contribution in [3.05, 3.63) is 23.8 Å². The van der Waals surface area contributed by atoms with Crippen LogP contribution in [0.15, 0.2) is 18.2 Å². The van der Waals surface area contributed by atoms with E-state index in [1.54, 1.807) is 26.8 Å². The zero-order chi connectivity index (χ0) is 26.5. The van der Waals surface area contributed by atoms with Crippen LogP contribution in [-0.2, 0) is 35.0 Å². The van der Waals surface area contributed by atoms with Crippen LogP contribution in [0, 0.1) is 0 Å². The zero-order valence-electron chi connectivity index (χ0n) is 21.0. The molecule has 0 aromatic heterocycles. The monoisotopic (exact) mass is 497 g/mol. The number of hydrogen-bond donors (Lipinski definition) is 1. The van der Waals surface area contributed by atoms with Gasteiger partial charge in [-0.2, -0.15) is 0 Å². The quantitative estimate of drug-likeness (QED) is 0.256. The smallest absolute Gasteiger partial charge is 0.461 e. The van der Waals surface area contributed by atoms with Gasteiger partial charge in [0.1, 0.15) is 31.0 Å². The van der Waals surface area contributed by atoms with Crippen LogP contribution < -0.4 is 15.2 Å². The van der Waals surface area contributed by atoms with E-state index in [4.69, 9.17) is 34.2 Å². The van der Waals surface area contributed by atoms with Gasteiger partial charge in [-0.05, 0) is 57.7 Å². The van der Waals surface area contributed by atoms with Gasteiger partial charge in [-0.1, -0.05) is 19.9 Å². The van der Waals surface area contributed by atoms with E-state index in [-0.39, 0.29) is 36.7 Å². The van der Waals surface area contributed by atoms with Gasteiger partial charge in [0.2, 0.25) is 0 Å². The largest absolute Gasteiger partial charge is 0.514 e. The first-order valence-corrected chi connectivity index (χ1v) is 11.4. The number of nitrogens with two attached hydrogens (primary N) is 1. The summed E-state index contributed by atoms with van der Waals surface area (Å²) in [5.74, 6) is -1.39. The average molecular weight is 498 g/mol. The maximum atomic E-state index is 12.2. The Hall–Kier alpha value is -3.34. The van der Waals surface area contributed by atoms with E-state index in [1.165, 1.54) is 19.1 Å². The second-order valence-corrected chi connectivity index (χ2v) is 8.02. The van der Waals surface area contributed by atoms with Crippen molar-refractivity contribution in [1.82, 2.24) is 0 Å². The number of ether oxygens (including phenoxy) is 6. The van der Waals surface area contributed by atoms with Crippen molar-refractivity contribution in [2.24, 2.45) is 5.73 Å². The van der Waals surface area contributed by atoms with E-state index < -0.39 is 36.4 Å². The molecule has 0 heterocycles. The van der Waals surface area contributed by atoms with Gasteiger partial charge in [0.25, 0.3) is 0 Å². The van der Waals surface area contributed by atoms with E-state index in [0.29, 0.717) is 18.4 Å². The number of carbonyl (C=O) groups is 4. The highest BCUT2D eigenvalue weighted by atomic mass is 16.7. The second kappa shape index (κ2) is 14.8. The highest BCUT2D eigenvalue weighted by Crippen LogP contribution is 2.30. The molecule has 11 nitrogen and oxygen atoms in total. The van der Waals surface area contributed by atoms with Crippen LogP contribution in [-0.4, -0.2) is 55.2 Å². The predicted molar refractivity (Wildman–Crippen MR) is 124 cm³/mol. The van der Waals surface area contributed by atoms with Crippen LogP contribution in [0.1, 0.15) is 59.9 Å². The highest BCUT2D eigenvalue weighted by Gasteiger charge is 2.22. The summed E-state index contributed by atoms with van der Waals surface area (Å²) in [4.78, 5) is 47.4. The normalized spacial score (nSPS) is 14.0. The van der Waals surface area contributed by atoms with Gasteiger partial charge in [0.15, 0.2) is 11.5 Å². The molecule has 1 aromatic rings. The summed E-state index contributed by atoms with van der Waals surface area (Å²) in [7, 11) is 0. The molecule has 4 atom stereocenters. The summed E-state index contributed by atoms with van der Waals surface area (Å²) in [5, 5.41) is 0. The molecule has 0 aliphatic heterocycles. The van der Waals surface area contributed by atoms with Gasteiger partial charge in [-0.15, -0.1) is 0 Å². The summed E-state index contributed by atoms with van der Waals surface area (Å²) in [6, 6.07) is 3.28. The van der Waals surface area contributed by atoms with Crippen molar-refractivity contribution in [2.45, 2.75) is 85.2 Å². The van der Waals surface area contributed by atoms with E-state index in [0.717, 1.165) is 0 Å². The maximum absolute atomic E-state index is 12.2. The standard InChI is InChI=1S/C24H35NO10/c1-7-14(3)32-23(28)34-20-10-9-18(12-21(20)35-24(29)33-15(4)8-2)11-19(25)22(27)30-13-16(5)31-17(6)26/h9-10,12,14-16,19H,7-8,11,13,25H2,1-6H3/t14?,15?,16-,19-/m0/s1. The van der Waals surface area contributed by atoms with E-state index >= 15 is 0 Å². The predicted octanol–water partition coefficient (Wildman–Crippen LogP) is 3.68. The molecule has 0 fully saturated rings. The Balaban J connectivity index is 2.95. The Labute approximate surface area is 205 Å². The summed E-state index contributed by atoms with van der Waals surface area (Å²) in [6.45, 7) is 9.77. The molecular formula is C24H35NO10. The van der Waals surface area contributed by atoms with Gasteiger partial charge >= 0.3 is 24.2 Å². The minimum absolute atomic E-state index is 0.0230. The van der Waals surface area contributed by atoms with E-state index in [2.05, 4.69) is 0 Å². The third-order valence-electron chi connectivity index (χ3n) is 4.73. The van der Waals surface area contributed by atoms with E-state index in [9.17, 15) is 19.2 Å².